The smallest absolute Gasteiger partial charge is 0.309 e. The van der Waals surface area contributed by atoms with E-state index in [4.69, 9.17) is 21.1 Å². The standard InChI is InChI=1S/C21H23ClN2O3/c1-26-19-5-3-2-4-16(19)17-12-18(17)21(25)27-15-8-10-24(11-9-15)20-7-6-14(22)13-23-20/h2-7,13,15,17-18H,8-12H2,1H3. The van der Waals surface area contributed by atoms with Gasteiger partial charge >= 0.3 is 5.97 Å². The van der Waals surface area contributed by atoms with E-state index in [1.807, 2.05) is 36.4 Å². The third kappa shape index (κ3) is 4.03. The molecule has 1 aliphatic carbocycles. The van der Waals surface area contributed by atoms with Gasteiger partial charge in [0.05, 0.1) is 18.1 Å². The lowest BCUT2D eigenvalue weighted by molar-refractivity contribution is -0.151. The number of hydrogen-bond donors (Lipinski definition) is 0. The van der Waals surface area contributed by atoms with Crippen LogP contribution in [0.25, 0.3) is 0 Å². The Labute approximate surface area is 164 Å². The van der Waals surface area contributed by atoms with E-state index in [0.29, 0.717) is 5.02 Å². The van der Waals surface area contributed by atoms with Crippen LogP contribution in [0.3, 0.4) is 0 Å². The predicted octanol–water partition coefficient (Wildman–Crippen LogP) is 4.06. The second-order valence-corrected chi connectivity index (χ2v) is 7.58. The van der Waals surface area contributed by atoms with E-state index in [0.717, 1.165) is 49.5 Å². The van der Waals surface area contributed by atoms with Crippen LogP contribution in [0.4, 0.5) is 5.82 Å². The molecule has 0 N–H and O–H groups in total. The first-order chi connectivity index (χ1) is 13.2. The van der Waals surface area contributed by atoms with Gasteiger partial charge in [-0.25, -0.2) is 4.98 Å². The number of pyridine rings is 1. The van der Waals surface area contributed by atoms with Crippen LogP contribution in [0, 0.1) is 5.92 Å². The van der Waals surface area contributed by atoms with Crippen molar-refractivity contribution in [1.29, 1.82) is 0 Å². The summed E-state index contributed by atoms with van der Waals surface area (Å²) in [6.45, 7) is 1.65. The summed E-state index contributed by atoms with van der Waals surface area (Å²) in [6, 6.07) is 11.7. The van der Waals surface area contributed by atoms with Crippen LogP contribution in [0.1, 0.15) is 30.7 Å². The van der Waals surface area contributed by atoms with Gasteiger partial charge in [0.15, 0.2) is 0 Å². The van der Waals surface area contributed by atoms with Crippen molar-refractivity contribution in [1.82, 2.24) is 4.98 Å². The fourth-order valence-electron chi connectivity index (χ4n) is 3.78. The molecule has 6 heteroatoms. The highest BCUT2D eigenvalue weighted by atomic mass is 35.5. The Hall–Kier alpha value is -2.27. The van der Waals surface area contributed by atoms with Crippen LogP contribution in [0.2, 0.25) is 5.02 Å². The zero-order valence-corrected chi connectivity index (χ0v) is 16.1. The number of halogens is 1. The monoisotopic (exact) mass is 386 g/mol. The summed E-state index contributed by atoms with van der Waals surface area (Å²) in [5.41, 5.74) is 1.10. The molecule has 2 atom stereocenters. The zero-order chi connectivity index (χ0) is 18.8. The maximum atomic E-state index is 12.5. The van der Waals surface area contributed by atoms with Crippen LogP contribution < -0.4 is 9.64 Å². The number of piperidine rings is 1. The molecule has 4 rings (SSSR count). The molecule has 0 amide bonds. The van der Waals surface area contributed by atoms with Gasteiger partial charge in [-0.1, -0.05) is 29.8 Å². The number of carbonyl (C=O) groups is 1. The molecule has 1 saturated carbocycles. The first kappa shape index (κ1) is 18.1. The first-order valence-electron chi connectivity index (χ1n) is 9.35. The number of para-hydroxylation sites is 1. The van der Waals surface area contributed by atoms with Crippen LogP contribution in [0.5, 0.6) is 5.75 Å². The molecule has 1 saturated heterocycles. The van der Waals surface area contributed by atoms with Crippen molar-refractivity contribution in [2.45, 2.75) is 31.3 Å². The molecule has 0 bridgehead atoms. The molecule has 5 nitrogen and oxygen atoms in total. The summed E-state index contributed by atoms with van der Waals surface area (Å²) in [6.07, 6.45) is 4.13. The van der Waals surface area contributed by atoms with Gasteiger partial charge in [0.2, 0.25) is 0 Å². The first-order valence-corrected chi connectivity index (χ1v) is 9.73. The number of benzene rings is 1. The van der Waals surface area contributed by atoms with Crippen molar-refractivity contribution in [2.24, 2.45) is 5.92 Å². The Morgan fingerprint density at radius 3 is 2.67 bits per heavy atom. The van der Waals surface area contributed by atoms with E-state index >= 15 is 0 Å². The highest BCUT2D eigenvalue weighted by Gasteiger charge is 2.47. The molecular weight excluding hydrogens is 364 g/mol. The Morgan fingerprint density at radius 1 is 1.19 bits per heavy atom. The Morgan fingerprint density at radius 2 is 1.96 bits per heavy atom. The van der Waals surface area contributed by atoms with Gasteiger partial charge in [-0.15, -0.1) is 0 Å². The third-order valence-corrected chi connectivity index (χ3v) is 5.62. The molecule has 1 aromatic heterocycles. The third-order valence-electron chi connectivity index (χ3n) is 5.39. The number of rotatable bonds is 5. The number of methoxy groups -OCH3 is 1. The highest BCUT2D eigenvalue weighted by molar-refractivity contribution is 6.30. The van der Waals surface area contributed by atoms with Crippen LogP contribution in [-0.2, 0) is 9.53 Å². The SMILES string of the molecule is COc1ccccc1C1CC1C(=O)OC1CCN(c2ccc(Cl)cn2)CC1. The predicted molar refractivity (Wildman–Crippen MR) is 104 cm³/mol. The molecule has 2 aromatic rings. The van der Waals surface area contributed by atoms with Gasteiger partial charge in [0.25, 0.3) is 0 Å². The lowest BCUT2D eigenvalue weighted by atomic mass is 10.1. The Bertz CT molecular complexity index is 803. The molecule has 1 aromatic carbocycles. The molecule has 0 spiro atoms. The maximum absolute atomic E-state index is 12.5. The van der Waals surface area contributed by atoms with Gasteiger partial charge in [0, 0.05) is 38.0 Å². The number of anilines is 1. The average molecular weight is 387 g/mol. The normalized spacial score (nSPS) is 22.4. The van der Waals surface area contributed by atoms with E-state index in [9.17, 15) is 4.79 Å². The quantitative estimate of drug-likeness (QED) is 0.725. The summed E-state index contributed by atoms with van der Waals surface area (Å²) in [7, 11) is 1.66. The summed E-state index contributed by atoms with van der Waals surface area (Å²) in [4.78, 5) is 19.1. The van der Waals surface area contributed by atoms with E-state index in [1.165, 1.54) is 0 Å². The summed E-state index contributed by atoms with van der Waals surface area (Å²) in [5, 5.41) is 0.636. The molecule has 142 valence electrons. The van der Waals surface area contributed by atoms with Gasteiger partial charge in [-0.3, -0.25) is 4.79 Å². The van der Waals surface area contributed by atoms with Crippen molar-refractivity contribution >= 4 is 23.4 Å². The van der Waals surface area contributed by atoms with Crippen molar-refractivity contribution in [3.63, 3.8) is 0 Å². The number of aromatic nitrogens is 1. The topological polar surface area (TPSA) is 51.7 Å². The van der Waals surface area contributed by atoms with E-state index in [1.54, 1.807) is 13.3 Å². The molecular formula is C21H23ClN2O3. The van der Waals surface area contributed by atoms with Crippen LogP contribution in [0.15, 0.2) is 42.6 Å². The van der Waals surface area contributed by atoms with Gasteiger partial charge in [0.1, 0.15) is 17.7 Å². The molecule has 2 heterocycles. The highest BCUT2D eigenvalue weighted by Crippen LogP contribution is 2.51. The summed E-state index contributed by atoms with van der Waals surface area (Å²) < 4.78 is 11.2. The number of esters is 1. The van der Waals surface area contributed by atoms with Crippen molar-refractivity contribution < 1.29 is 14.3 Å². The fraction of sp³-hybridized carbons (Fsp3) is 0.429. The molecule has 2 aliphatic rings. The number of hydrogen-bond acceptors (Lipinski definition) is 5. The molecule has 27 heavy (non-hydrogen) atoms. The maximum Gasteiger partial charge on any atom is 0.309 e. The van der Waals surface area contributed by atoms with Crippen molar-refractivity contribution in [3.05, 3.63) is 53.2 Å². The molecule has 1 aliphatic heterocycles. The molecule has 2 unspecified atom stereocenters. The largest absolute Gasteiger partial charge is 0.496 e. The van der Waals surface area contributed by atoms with E-state index in [-0.39, 0.29) is 23.9 Å². The minimum Gasteiger partial charge on any atom is -0.496 e. The molecule has 2 fully saturated rings. The van der Waals surface area contributed by atoms with Gasteiger partial charge < -0.3 is 14.4 Å². The minimum atomic E-state index is -0.0750. The Balaban J connectivity index is 1.28. The van der Waals surface area contributed by atoms with Crippen LogP contribution >= 0.6 is 11.6 Å². The fourth-order valence-corrected chi connectivity index (χ4v) is 3.89. The lowest BCUT2D eigenvalue weighted by Gasteiger charge is -2.32. The van der Waals surface area contributed by atoms with Crippen molar-refractivity contribution in [3.8, 4) is 5.75 Å². The minimum absolute atomic E-state index is 0.0139. The zero-order valence-electron chi connectivity index (χ0n) is 15.3. The number of ether oxygens (including phenoxy) is 2. The van der Waals surface area contributed by atoms with Gasteiger partial charge in [-0.05, 0) is 30.2 Å². The van der Waals surface area contributed by atoms with Gasteiger partial charge in [-0.2, -0.15) is 0 Å². The van der Waals surface area contributed by atoms with Crippen molar-refractivity contribution in [2.75, 3.05) is 25.1 Å². The summed E-state index contributed by atoms with van der Waals surface area (Å²) >= 11 is 5.90. The van der Waals surface area contributed by atoms with E-state index in [2.05, 4.69) is 9.88 Å². The summed E-state index contributed by atoms with van der Waals surface area (Å²) in [5.74, 6) is 1.86. The lowest BCUT2D eigenvalue weighted by Crippen LogP contribution is -2.38. The molecule has 0 radical (unpaired) electrons. The average Bonchev–Trinajstić information content (AvgIpc) is 3.50. The second-order valence-electron chi connectivity index (χ2n) is 7.15. The van der Waals surface area contributed by atoms with Crippen LogP contribution in [-0.4, -0.2) is 37.3 Å². The number of nitrogens with zero attached hydrogens (tertiary/aromatic N) is 2. The second kappa shape index (κ2) is 7.77. The van der Waals surface area contributed by atoms with E-state index < -0.39 is 0 Å². The Kier molecular flexibility index (Phi) is 5.21. The number of carbonyl (C=O) groups excluding carboxylic acids is 1.